The maximum absolute atomic E-state index is 9.98. The highest BCUT2D eigenvalue weighted by molar-refractivity contribution is 5.34. The quantitative estimate of drug-likeness (QED) is 0.779. The van der Waals surface area contributed by atoms with Crippen LogP contribution in [-0.4, -0.2) is 11.7 Å². The maximum atomic E-state index is 9.98. The average Bonchev–Trinajstić information content (AvgIpc) is 3.28. The molecule has 1 unspecified atom stereocenters. The average molecular weight is 259 g/mol. The van der Waals surface area contributed by atoms with Crippen LogP contribution >= 0.6 is 0 Å². The molecule has 0 radical (unpaired) electrons. The lowest BCUT2D eigenvalue weighted by molar-refractivity contribution is 0.348. The predicted molar refractivity (Wildman–Crippen MR) is 78.1 cm³/mol. The van der Waals surface area contributed by atoms with E-state index in [2.05, 4.69) is 12.2 Å². The minimum absolute atomic E-state index is 0.293. The summed E-state index contributed by atoms with van der Waals surface area (Å²) in [6, 6.07) is 8.03. The van der Waals surface area contributed by atoms with Gasteiger partial charge in [-0.05, 0) is 62.5 Å². The molecule has 0 heterocycles. The Kier molecular flexibility index (Phi) is 3.79. The van der Waals surface area contributed by atoms with Gasteiger partial charge >= 0.3 is 0 Å². The third kappa shape index (κ3) is 3.11. The van der Waals surface area contributed by atoms with Crippen molar-refractivity contribution in [2.45, 2.75) is 45.1 Å². The largest absolute Gasteiger partial charge is 0.508 e. The molecule has 0 aliphatic heterocycles. The second kappa shape index (κ2) is 5.54. The highest BCUT2D eigenvalue weighted by Crippen LogP contribution is 2.49. The molecular weight excluding hydrogens is 234 g/mol. The Labute approximate surface area is 116 Å². The normalized spacial score (nSPS) is 20.7. The van der Waals surface area contributed by atoms with Gasteiger partial charge in [0.2, 0.25) is 0 Å². The molecule has 2 aliphatic rings. The van der Waals surface area contributed by atoms with Crippen LogP contribution in [0.5, 0.6) is 5.75 Å². The molecule has 2 heteroatoms. The molecule has 2 saturated carbocycles. The van der Waals surface area contributed by atoms with E-state index >= 15 is 0 Å². The van der Waals surface area contributed by atoms with Crippen LogP contribution < -0.4 is 5.32 Å². The molecule has 2 aliphatic carbocycles. The molecule has 19 heavy (non-hydrogen) atoms. The topological polar surface area (TPSA) is 32.3 Å². The van der Waals surface area contributed by atoms with Gasteiger partial charge in [0, 0.05) is 11.6 Å². The standard InChI is InChI=1S/C17H25NO/c1-2-16(14-5-3-4-6-17(14)19)18-11-15(12-7-8-12)13-9-10-13/h3-6,12-13,15-16,18-19H,2,7-11H2,1H3. The molecule has 1 aromatic carbocycles. The Morgan fingerprint density at radius 1 is 1.16 bits per heavy atom. The Hall–Kier alpha value is -1.02. The summed E-state index contributed by atoms with van der Waals surface area (Å²) in [6.07, 6.45) is 6.79. The Balaban J connectivity index is 1.61. The van der Waals surface area contributed by atoms with Crippen LogP contribution in [0.2, 0.25) is 0 Å². The lowest BCUT2D eigenvalue weighted by Gasteiger charge is -2.23. The molecule has 0 bridgehead atoms. The molecular formula is C17H25NO. The summed E-state index contributed by atoms with van der Waals surface area (Å²) in [5.74, 6) is 3.29. The molecule has 0 spiro atoms. The minimum atomic E-state index is 0.293. The van der Waals surface area contributed by atoms with Gasteiger partial charge in [-0.3, -0.25) is 0 Å². The van der Waals surface area contributed by atoms with Crippen molar-refractivity contribution in [3.05, 3.63) is 29.8 Å². The number of hydrogen-bond donors (Lipinski definition) is 2. The Morgan fingerprint density at radius 2 is 1.79 bits per heavy atom. The van der Waals surface area contributed by atoms with Gasteiger partial charge in [-0.15, -0.1) is 0 Å². The molecule has 0 amide bonds. The molecule has 1 aromatic rings. The van der Waals surface area contributed by atoms with Gasteiger partial charge in [0.05, 0.1) is 0 Å². The SMILES string of the molecule is CCC(NCC(C1CC1)C1CC1)c1ccccc1O. The van der Waals surface area contributed by atoms with E-state index in [4.69, 9.17) is 0 Å². The molecule has 2 fully saturated rings. The van der Waals surface area contributed by atoms with Crippen molar-refractivity contribution in [3.8, 4) is 5.75 Å². The first-order valence-electron chi connectivity index (χ1n) is 7.81. The lowest BCUT2D eigenvalue weighted by atomic mass is 9.96. The summed E-state index contributed by atoms with van der Waals surface area (Å²) in [6.45, 7) is 3.32. The van der Waals surface area contributed by atoms with Crippen LogP contribution in [0.15, 0.2) is 24.3 Å². The summed E-state index contributed by atoms with van der Waals surface area (Å²) in [5.41, 5.74) is 1.05. The van der Waals surface area contributed by atoms with Crippen molar-refractivity contribution in [3.63, 3.8) is 0 Å². The first-order valence-corrected chi connectivity index (χ1v) is 7.81. The Morgan fingerprint density at radius 3 is 2.32 bits per heavy atom. The number of para-hydroxylation sites is 1. The number of phenols is 1. The van der Waals surface area contributed by atoms with Gasteiger partial charge < -0.3 is 10.4 Å². The molecule has 1 atom stereocenters. The third-order valence-electron chi connectivity index (χ3n) is 4.78. The molecule has 0 aromatic heterocycles. The highest BCUT2D eigenvalue weighted by Gasteiger charge is 2.41. The molecule has 2 N–H and O–H groups in total. The van der Waals surface area contributed by atoms with Crippen molar-refractivity contribution < 1.29 is 5.11 Å². The van der Waals surface area contributed by atoms with Gasteiger partial charge in [0.25, 0.3) is 0 Å². The van der Waals surface area contributed by atoms with E-state index in [-0.39, 0.29) is 0 Å². The van der Waals surface area contributed by atoms with Crippen molar-refractivity contribution in [1.82, 2.24) is 5.32 Å². The van der Waals surface area contributed by atoms with Crippen molar-refractivity contribution >= 4 is 0 Å². The summed E-state index contributed by atoms with van der Waals surface area (Å²) in [7, 11) is 0. The van der Waals surface area contributed by atoms with E-state index < -0.39 is 0 Å². The summed E-state index contributed by atoms with van der Waals surface area (Å²) in [5, 5.41) is 13.7. The number of benzene rings is 1. The number of nitrogens with one attached hydrogen (secondary N) is 1. The second-order valence-corrected chi connectivity index (χ2v) is 6.27. The number of rotatable bonds is 7. The van der Waals surface area contributed by atoms with Gasteiger partial charge in [-0.1, -0.05) is 25.1 Å². The molecule has 2 nitrogen and oxygen atoms in total. The lowest BCUT2D eigenvalue weighted by Crippen LogP contribution is -2.29. The fourth-order valence-corrected chi connectivity index (χ4v) is 3.30. The smallest absolute Gasteiger partial charge is 0.120 e. The fraction of sp³-hybridized carbons (Fsp3) is 0.647. The number of phenolic OH excluding ortho intramolecular Hbond substituents is 1. The van der Waals surface area contributed by atoms with Crippen LogP contribution in [-0.2, 0) is 0 Å². The van der Waals surface area contributed by atoms with E-state index in [1.165, 1.54) is 25.7 Å². The van der Waals surface area contributed by atoms with E-state index in [1.807, 2.05) is 18.2 Å². The maximum Gasteiger partial charge on any atom is 0.120 e. The van der Waals surface area contributed by atoms with Gasteiger partial charge in [-0.25, -0.2) is 0 Å². The van der Waals surface area contributed by atoms with Gasteiger partial charge in [-0.2, -0.15) is 0 Å². The van der Waals surface area contributed by atoms with E-state index in [0.29, 0.717) is 11.8 Å². The van der Waals surface area contributed by atoms with E-state index in [9.17, 15) is 5.11 Å². The minimum Gasteiger partial charge on any atom is -0.508 e. The number of aromatic hydroxyl groups is 1. The van der Waals surface area contributed by atoms with Crippen molar-refractivity contribution in [2.24, 2.45) is 17.8 Å². The van der Waals surface area contributed by atoms with E-state index in [1.54, 1.807) is 6.07 Å². The van der Waals surface area contributed by atoms with Crippen LogP contribution in [0.25, 0.3) is 0 Å². The number of hydrogen-bond acceptors (Lipinski definition) is 2. The van der Waals surface area contributed by atoms with E-state index in [0.717, 1.165) is 36.3 Å². The van der Waals surface area contributed by atoms with Gasteiger partial charge in [0.1, 0.15) is 5.75 Å². The zero-order chi connectivity index (χ0) is 13.2. The zero-order valence-electron chi connectivity index (χ0n) is 11.8. The van der Waals surface area contributed by atoms with Crippen LogP contribution in [0.4, 0.5) is 0 Å². The second-order valence-electron chi connectivity index (χ2n) is 6.27. The van der Waals surface area contributed by atoms with Crippen LogP contribution in [0.3, 0.4) is 0 Å². The monoisotopic (exact) mass is 259 g/mol. The first-order chi connectivity index (χ1) is 9.29. The first kappa shape index (κ1) is 13.0. The van der Waals surface area contributed by atoms with Crippen molar-refractivity contribution in [1.29, 1.82) is 0 Å². The molecule has 3 rings (SSSR count). The molecule has 104 valence electrons. The fourth-order valence-electron chi connectivity index (χ4n) is 3.30. The molecule has 0 saturated heterocycles. The summed E-state index contributed by atoms with van der Waals surface area (Å²) >= 11 is 0. The third-order valence-corrected chi connectivity index (χ3v) is 4.78. The van der Waals surface area contributed by atoms with Gasteiger partial charge in [0.15, 0.2) is 0 Å². The zero-order valence-corrected chi connectivity index (χ0v) is 11.8. The highest BCUT2D eigenvalue weighted by atomic mass is 16.3. The van der Waals surface area contributed by atoms with Crippen LogP contribution in [0.1, 0.15) is 50.6 Å². The Bertz CT molecular complexity index is 411. The summed E-state index contributed by atoms with van der Waals surface area (Å²) in [4.78, 5) is 0. The predicted octanol–water partition coefficient (Wildman–Crippen LogP) is 3.87. The van der Waals surface area contributed by atoms with Crippen molar-refractivity contribution in [2.75, 3.05) is 6.54 Å². The van der Waals surface area contributed by atoms with Crippen LogP contribution in [0, 0.1) is 17.8 Å². The summed E-state index contributed by atoms with van der Waals surface area (Å²) < 4.78 is 0.